The van der Waals surface area contributed by atoms with Gasteiger partial charge in [0.2, 0.25) is 12.3 Å². The maximum Gasteiger partial charge on any atom is 0.405 e. The maximum atomic E-state index is 11.8. The fourth-order valence-corrected chi connectivity index (χ4v) is 1.50. The highest BCUT2D eigenvalue weighted by molar-refractivity contribution is 5.84. The molecule has 112 valence electrons. The summed E-state index contributed by atoms with van der Waals surface area (Å²) in [5, 5.41) is 1.76. The fraction of sp³-hybridized carbons (Fsp3) is 0.833. The van der Waals surface area contributed by atoms with Crippen molar-refractivity contribution in [3.8, 4) is 0 Å². The molecule has 1 atom stereocenters. The minimum atomic E-state index is -4.42. The van der Waals surface area contributed by atoms with E-state index in [1.54, 1.807) is 5.32 Å². The summed E-state index contributed by atoms with van der Waals surface area (Å²) in [6, 6.07) is -0.746. The molecule has 0 aliphatic carbocycles. The average molecular weight is 282 g/mol. The van der Waals surface area contributed by atoms with Crippen LogP contribution in [-0.4, -0.2) is 42.5 Å². The Morgan fingerprint density at radius 1 is 1.42 bits per heavy atom. The summed E-state index contributed by atoms with van der Waals surface area (Å²) in [7, 11) is 0. The second-order valence-electron chi connectivity index (χ2n) is 5.07. The van der Waals surface area contributed by atoms with Gasteiger partial charge in [-0.25, -0.2) is 0 Å². The largest absolute Gasteiger partial charge is 0.405 e. The van der Waals surface area contributed by atoms with Crippen molar-refractivity contribution in [1.82, 2.24) is 10.2 Å². The third-order valence-electron chi connectivity index (χ3n) is 2.20. The quantitative estimate of drug-likeness (QED) is 0.804. The van der Waals surface area contributed by atoms with Gasteiger partial charge in [-0.05, 0) is 18.8 Å². The molecule has 1 saturated heterocycles. The van der Waals surface area contributed by atoms with Crippen LogP contribution < -0.4 is 5.32 Å². The standard InChI is InChI=1S/C8H11F3N2O2.C4H10/c9-8(10,11)4-12-7(15)6-2-1-3-13(6)5-14;1-4(2)3/h5-6H,1-4H2,(H,12,15);4H,1-3H3. The first-order chi connectivity index (χ1) is 8.67. The van der Waals surface area contributed by atoms with E-state index in [1.165, 1.54) is 4.90 Å². The lowest BCUT2D eigenvalue weighted by molar-refractivity contribution is -0.142. The van der Waals surface area contributed by atoms with Crippen molar-refractivity contribution in [3.05, 3.63) is 0 Å². The first-order valence-corrected chi connectivity index (χ1v) is 6.23. The molecule has 0 radical (unpaired) electrons. The molecule has 1 heterocycles. The second kappa shape index (κ2) is 8.01. The van der Waals surface area contributed by atoms with E-state index in [0.29, 0.717) is 25.8 Å². The van der Waals surface area contributed by atoms with Gasteiger partial charge in [-0.15, -0.1) is 0 Å². The molecule has 1 aliphatic rings. The smallest absolute Gasteiger partial charge is 0.345 e. The molecule has 0 aromatic heterocycles. The van der Waals surface area contributed by atoms with Crippen molar-refractivity contribution in [2.75, 3.05) is 13.1 Å². The van der Waals surface area contributed by atoms with Crippen molar-refractivity contribution in [3.63, 3.8) is 0 Å². The first kappa shape index (κ1) is 17.7. The van der Waals surface area contributed by atoms with Gasteiger partial charge in [0.25, 0.3) is 0 Å². The molecule has 1 rings (SSSR count). The summed E-state index contributed by atoms with van der Waals surface area (Å²) in [4.78, 5) is 22.9. The van der Waals surface area contributed by atoms with Crippen molar-refractivity contribution >= 4 is 12.3 Å². The van der Waals surface area contributed by atoms with Crippen LogP contribution in [-0.2, 0) is 9.59 Å². The zero-order valence-corrected chi connectivity index (χ0v) is 11.5. The summed E-state index contributed by atoms with van der Waals surface area (Å²) in [5.74, 6) is 0.0944. The number of alkyl halides is 3. The third kappa shape index (κ3) is 8.45. The summed E-state index contributed by atoms with van der Waals surface area (Å²) in [6.07, 6.45) is -2.86. The predicted molar refractivity (Wildman–Crippen MR) is 65.4 cm³/mol. The molecule has 1 N–H and O–H groups in total. The van der Waals surface area contributed by atoms with E-state index in [0.717, 1.165) is 5.92 Å². The molecule has 0 saturated carbocycles. The number of halogens is 3. The Balaban J connectivity index is 0.000000711. The van der Waals surface area contributed by atoms with E-state index < -0.39 is 24.7 Å². The highest BCUT2D eigenvalue weighted by Gasteiger charge is 2.33. The van der Waals surface area contributed by atoms with E-state index in [4.69, 9.17) is 0 Å². The monoisotopic (exact) mass is 282 g/mol. The van der Waals surface area contributed by atoms with Crippen molar-refractivity contribution in [1.29, 1.82) is 0 Å². The van der Waals surface area contributed by atoms with E-state index in [-0.39, 0.29) is 0 Å². The van der Waals surface area contributed by atoms with Crippen LogP contribution in [0.5, 0.6) is 0 Å². The van der Waals surface area contributed by atoms with E-state index in [2.05, 4.69) is 20.8 Å². The van der Waals surface area contributed by atoms with Crippen molar-refractivity contribution in [2.24, 2.45) is 5.92 Å². The number of nitrogens with one attached hydrogen (secondary N) is 1. The molecule has 2 amide bonds. The van der Waals surface area contributed by atoms with Gasteiger partial charge in [-0.3, -0.25) is 9.59 Å². The van der Waals surface area contributed by atoms with Crippen molar-refractivity contribution in [2.45, 2.75) is 45.8 Å². The number of carbonyl (C=O) groups is 2. The molecular weight excluding hydrogens is 261 g/mol. The van der Waals surface area contributed by atoms with Crippen LogP contribution in [0.1, 0.15) is 33.6 Å². The SMILES string of the molecule is CC(C)C.O=CN1CCCC1C(=O)NCC(F)(F)F. The van der Waals surface area contributed by atoms with Crippen molar-refractivity contribution < 1.29 is 22.8 Å². The van der Waals surface area contributed by atoms with Crippen LogP contribution in [0.4, 0.5) is 13.2 Å². The van der Waals surface area contributed by atoms with Gasteiger partial charge in [0.1, 0.15) is 12.6 Å². The summed E-state index contributed by atoms with van der Waals surface area (Å²) >= 11 is 0. The summed E-state index contributed by atoms with van der Waals surface area (Å²) in [5.41, 5.74) is 0. The highest BCUT2D eigenvalue weighted by atomic mass is 19.4. The normalized spacial score (nSPS) is 18.9. The molecule has 4 nitrogen and oxygen atoms in total. The van der Waals surface area contributed by atoms with Crippen LogP contribution in [0.2, 0.25) is 0 Å². The van der Waals surface area contributed by atoms with Crippen LogP contribution in [0.3, 0.4) is 0 Å². The molecule has 0 spiro atoms. The molecule has 0 bridgehead atoms. The molecule has 1 aliphatic heterocycles. The van der Waals surface area contributed by atoms with Gasteiger partial charge >= 0.3 is 6.18 Å². The number of carbonyl (C=O) groups excluding carboxylic acids is 2. The van der Waals surface area contributed by atoms with Crippen LogP contribution in [0.25, 0.3) is 0 Å². The molecule has 19 heavy (non-hydrogen) atoms. The third-order valence-corrected chi connectivity index (χ3v) is 2.20. The molecular formula is C12H21F3N2O2. The van der Waals surface area contributed by atoms with E-state index >= 15 is 0 Å². The number of amides is 2. The Bertz CT molecular complexity index is 290. The summed E-state index contributed by atoms with van der Waals surface area (Å²) < 4.78 is 35.4. The zero-order chi connectivity index (χ0) is 15.1. The average Bonchev–Trinajstić information content (AvgIpc) is 2.72. The zero-order valence-electron chi connectivity index (χ0n) is 11.5. The lowest BCUT2D eigenvalue weighted by Crippen LogP contribution is -2.45. The van der Waals surface area contributed by atoms with Gasteiger partial charge in [-0.1, -0.05) is 20.8 Å². The minimum Gasteiger partial charge on any atom is -0.345 e. The lowest BCUT2D eigenvalue weighted by Gasteiger charge is -2.19. The Labute approximate surface area is 111 Å². The number of likely N-dealkylation sites (tertiary alicyclic amines) is 1. The molecule has 1 unspecified atom stereocenters. The van der Waals surface area contributed by atoms with Crippen LogP contribution >= 0.6 is 0 Å². The van der Waals surface area contributed by atoms with Gasteiger partial charge < -0.3 is 10.2 Å². The summed E-state index contributed by atoms with van der Waals surface area (Å²) in [6.45, 7) is 5.57. The number of rotatable bonds is 3. The Hall–Kier alpha value is -1.27. The Kier molecular flexibility index (Phi) is 7.48. The topological polar surface area (TPSA) is 49.4 Å². The minimum absolute atomic E-state index is 0.419. The molecule has 0 aromatic rings. The number of hydrogen-bond donors (Lipinski definition) is 1. The molecule has 7 heteroatoms. The number of hydrogen-bond acceptors (Lipinski definition) is 2. The van der Waals surface area contributed by atoms with Gasteiger partial charge in [0.05, 0.1) is 0 Å². The lowest BCUT2D eigenvalue weighted by atomic mass is 10.2. The maximum absolute atomic E-state index is 11.8. The van der Waals surface area contributed by atoms with Gasteiger partial charge in [-0.2, -0.15) is 13.2 Å². The number of nitrogens with zero attached hydrogens (tertiary/aromatic N) is 1. The predicted octanol–water partition coefficient (Wildman–Crippen LogP) is 1.95. The van der Waals surface area contributed by atoms with Crippen LogP contribution in [0.15, 0.2) is 0 Å². The Morgan fingerprint density at radius 3 is 2.37 bits per heavy atom. The van der Waals surface area contributed by atoms with Crippen LogP contribution in [0, 0.1) is 5.92 Å². The van der Waals surface area contributed by atoms with E-state index in [9.17, 15) is 22.8 Å². The Morgan fingerprint density at radius 2 is 1.95 bits per heavy atom. The highest BCUT2D eigenvalue weighted by Crippen LogP contribution is 2.16. The fourth-order valence-electron chi connectivity index (χ4n) is 1.50. The van der Waals surface area contributed by atoms with Gasteiger partial charge in [0.15, 0.2) is 0 Å². The van der Waals surface area contributed by atoms with Gasteiger partial charge in [0, 0.05) is 6.54 Å². The molecule has 0 aromatic carbocycles. The van der Waals surface area contributed by atoms with E-state index in [1.807, 2.05) is 0 Å². The second-order valence-corrected chi connectivity index (χ2v) is 5.07. The molecule has 1 fully saturated rings. The first-order valence-electron chi connectivity index (χ1n) is 6.23.